The second-order valence-corrected chi connectivity index (χ2v) is 8.89. The molecule has 0 saturated carbocycles. The van der Waals surface area contributed by atoms with Gasteiger partial charge in [-0.2, -0.15) is 0 Å². The predicted octanol–water partition coefficient (Wildman–Crippen LogP) is 4.23. The summed E-state index contributed by atoms with van der Waals surface area (Å²) >= 11 is 0. The van der Waals surface area contributed by atoms with E-state index < -0.39 is 41.6 Å². The molecule has 3 aromatic carbocycles. The minimum Gasteiger partial charge on any atom is -0.497 e. The summed E-state index contributed by atoms with van der Waals surface area (Å²) < 4.78 is 19.9. The molecule has 0 aliphatic carbocycles. The lowest BCUT2D eigenvalue weighted by molar-refractivity contribution is -0.123. The number of Topliss-reactive ketones (excluding diaryl/α,β-unsaturated/α-hetero) is 1. The maximum atomic E-state index is 14.7. The molecular weight excluding hydrogens is 447 g/mol. The van der Waals surface area contributed by atoms with Crippen molar-refractivity contribution in [3.05, 3.63) is 102 Å². The van der Waals surface area contributed by atoms with Crippen LogP contribution in [0.2, 0.25) is 0 Å². The number of amides is 2. The Morgan fingerprint density at radius 2 is 1.57 bits per heavy atom. The number of nitrogens with zero attached hydrogens (tertiary/aromatic N) is 2. The largest absolute Gasteiger partial charge is 0.497 e. The van der Waals surface area contributed by atoms with Crippen LogP contribution in [-0.2, 0) is 9.59 Å². The van der Waals surface area contributed by atoms with E-state index in [1.54, 1.807) is 43.6 Å². The first-order valence-electron chi connectivity index (χ1n) is 11.4. The third-order valence-corrected chi connectivity index (χ3v) is 7.20. The first-order valence-corrected chi connectivity index (χ1v) is 11.4. The predicted molar refractivity (Wildman–Crippen MR) is 127 cm³/mol. The van der Waals surface area contributed by atoms with Gasteiger partial charge in [0.2, 0.25) is 11.8 Å². The number of hydrogen-bond acceptors (Lipinski definition) is 5. The first-order chi connectivity index (χ1) is 17.0. The number of rotatable bonds is 4. The topological polar surface area (TPSA) is 66.9 Å². The van der Waals surface area contributed by atoms with Crippen molar-refractivity contribution in [2.75, 3.05) is 12.0 Å². The number of ether oxygens (including phenoxy) is 1. The van der Waals surface area contributed by atoms with E-state index >= 15 is 0 Å². The van der Waals surface area contributed by atoms with Crippen molar-refractivity contribution in [1.29, 1.82) is 0 Å². The van der Waals surface area contributed by atoms with Gasteiger partial charge in [0.05, 0.1) is 30.7 Å². The molecule has 7 heteroatoms. The fourth-order valence-electron chi connectivity index (χ4n) is 5.65. The molecule has 3 aliphatic rings. The number of methoxy groups -OCH3 is 1. The van der Waals surface area contributed by atoms with E-state index in [1.807, 2.05) is 35.2 Å². The van der Waals surface area contributed by atoms with E-state index in [2.05, 4.69) is 0 Å². The second-order valence-electron chi connectivity index (χ2n) is 8.89. The van der Waals surface area contributed by atoms with Crippen molar-refractivity contribution < 1.29 is 23.5 Å². The third-order valence-electron chi connectivity index (χ3n) is 7.20. The van der Waals surface area contributed by atoms with Crippen molar-refractivity contribution >= 4 is 29.4 Å². The van der Waals surface area contributed by atoms with Crippen LogP contribution in [0.1, 0.15) is 27.5 Å². The van der Waals surface area contributed by atoms with Gasteiger partial charge in [0.25, 0.3) is 0 Å². The molecule has 0 spiro atoms. The average molecular weight is 468 g/mol. The van der Waals surface area contributed by atoms with Gasteiger partial charge in [0, 0.05) is 11.8 Å². The summed E-state index contributed by atoms with van der Waals surface area (Å²) in [5.41, 5.74) is 2.12. The van der Waals surface area contributed by atoms with Crippen molar-refractivity contribution in [1.82, 2.24) is 4.90 Å². The molecule has 4 atom stereocenters. The Kier molecular flexibility index (Phi) is 4.81. The van der Waals surface area contributed by atoms with Gasteiger partial charge in [-0.05, 0) is 53.6 Å². The molecule has 2 saturated heterocycles. The molecule has 0 N–H and O–H groups in total. The summed E-state index contributed by atoms with van der Waals surface area (Å²) in [4.78, 5) is 44.1. The fraction of sp³-hybridized carbons (Fsp3) is 0.179. The van der Waals surface area contributed by atoms with Gasteiger partial charge in [-0.1, -0.05) is 36.4 Å². The molecule has 0 bridgehead atoms. The Labute approximate surface area is 201 Å². The summed E-state index contributed by atoms with van der Waals surface area (Å²) in [6.45, 7) is 0. The van der Waals surface area contributed by atoms with Gasteiger partial charge in [-0.3, -0.25) is 14.4 Å². The van der Waals surface area contributed by atoms with Crippen LogP contribution in [-0.4, -0.2) is 35.6 Å². The summed E-state index contributed by atoms with van der Waals surface area (Å²) in [6, 6.07) is 18.6. The van der Waals surface area contributed by atoms with E-state index in [-0.39, 0.29) is 11.5 Å². The minimum atomic E-state index is -0.947. The van der Waals surface area contributed by atoms with Gasteiger partial charge >= 0.3 is 0 Å². The summed E-state index contributed by atoms with van der Waals surface area (Å²) in [7, 11) is 1.54. The molecule has 3 aliphatic heterocycles. The van der Waals surface area contributed by atoms with Crippen LogP contribution in [0.4, 0.5) is 10.1 Å². The van der Waals surface area contributed by atoms with Gasteiger partial charge in [0.15, 0.2) is 5.78 Å². The van der Waals surface area contributed by atoms with Gasteiger partial charge < -0.3 is 9.64 Å². The number of halogens is 1. The first kappa shape index (κ1) is 21.3. The van der Waals surface area contributed by atoms with E-state index in [0.29, 0.717) is 11.3 Å². The van der Waals surface area contributed by atoms with Gasteiger partial charge in [-0.25, -0.2) is 9.29 Å². The van der Waals surface area contributed by atoms with Crippen molar-refractivity contribution in [3.8, 4) is 5.75 Å². The van der Waals surface area contributed by atoms with Crippen LogP contribution in [0, 0.1) is 17.7 Å². The zero-order valence-electron chi connectivity index (χ0n) is 18.8. The van der Waals surface area contributed by atoms with Gasteiger partial charge in [0.1, 0.15) is 17.6 Å². The maximum absolute atomic E-state index is 14.7. The summed E-state index contributed by atoms with van der Waals surface area (Å²) in [5, 5.41) is 0. The SMILES string of the molecule is COc1ccc(C(=O)[C@@H]2[C@@H]3C(=O)N(c4ccccc4F)C(=O)[C@@H]3[C@@H]3c4ccccc4C=CN23)cc1. The normalized spacial score (nSPS) is 24.3. The zero-order chi connectivity index (χ0) is 24.3. The zero-order valence-corrected chi connectivity index (χ0v) is 18.8. The lowest BCUT2D eigenvalue weighted by Gasteiger charge is -2.35. The highest BCUT2D eigenvalue weighted by Crippen LogP contribution is 2.53. The lowest BCUT2D eigenvalue weighted by Crippen LogP contribution is -2.44. The van der Waals surface area contributed by atoms with Crippen molar-refractivity contribution in [2.45, 2.75) is 12.1 Å². The Morgan fingerprint density at radius 1 is 0.886 bits per heavy atom. The molecule has 0 aromatic heterocycles. The fourth-order valence-corrected chi connectivity index (χ4v) is 5.65. The third kappa shape index (κ3) is 3.04. The maximum Gasteiger partial charge on any atom is 0.240 e. The van der Waals surface area contributed by atoms with Crippen molar-refractivity contribution in [2.24, 2.45) is 11.8 Å². The van der Waals surface area contributed by atoms with Crippen LogP contribution in [0.15, 0.2) is 79.0 Å². The van der Waals surface area contributed by atoms with Crippen LogP contribution >= 0.6 is 0 Å². The number of imide groups is 1. The lowest BCUT2D eigenvalue weighted by atomic mass is 9.83. The van der Waals surface area contributed by atoms with Crippen LogP contribution in [0.5, 0.6) is 5.75 Å². The Balaban J connectivity index is 1.49. The molecule has 35 heavy (non-hydrogen) atoms. The molecule has 3 heterocycles. The molecular formula is C28H21FN2O4. The molecule has 3 aromatic rings. The minimum absolute atomic E-state index is 0.0845. The summed E-state index contributed by atoms with van der Waals surface area (Å²) in [5.74, 6) is -3.14. The number of carbonyl (C=O) groups excluding carboxylic acids is 3. The number of fused-ring (bicyclic) bond motifs is 5. The standard InChI is InChI=1S/C28H21FN2O4/c1-35-18-12-10-17(11-13-18)26(32)25-23-22(24-19-7-3-2-6-16(19)14-15-30(24)25)27(33)31(28(23)34)21-9-5-4-8-20(21)29/h2-15,22-25H,1H3/t22-,23+,24-,25-/m0/s1. The highest BCUT2D eigenvalue weighted by molar-refractivity contribution is 6.24. The molecule has 2 fully saturated rings. The molecule has 0 radical (unpaired) electrons. The Bertz CT molecular complexity index is 1400. The number of ketones is 1. The number of anilines is 1. The van der Waals surface area contributed by atoms with E-state index in [9.17, 15) is 18.8 Å². The van der Waals surface area contributed by atoms with E-state index in [1.165, 1.54) is 18.2 Å². The van der Waals surface area contributed by atoms with Crippen LogP contribution < -0.4 is 9.64 Å². The average Bonchev–Trinajstić information content (AvgIpc) is 3.36. The Morgan fingerprint density at radius 3 is 2.31 bits per heavy atom. The van der Waals surface area contributed by atoms with Crippen LogP contribution in [0.3, 0.4) is 0 Å². The number of benzene rings is 3. The second kappa shape index (κ2) is 7.91. The molecule has 2 amide bonds. The van der Waals surface area contributed by atoms with E-state index in [0.717, 1.165) is 16.0 Å². The van der Waals surface area contributed by atoms with Crippen LogP contribution in [0.25, 0.3) is 6.08 Å². The van der Waals surface area contributed by atoms with E-state index in [4.69, 9.17) is 4.74 Å². The molecule has 174 valence electrons. The molecule has 6 nitrogen and oxygen atoms in total. The highest BCUT2D eigenvalue weighted by Gasteiger charge is 2.64. The monoisotopic (exact) mass is 468 g/mol. The smallest absolute Gasteiger partial charge is 0.240 e. The number of para-hydroxylation sites is 1. The summed E-state index contributed by atoms with van der Waals surface area (Å²) in [6.07, 6.45) is 3.69. The highest BCUT2D eigenvalue weighted by atomic mass is 19.1. The number of hydrogen-bond donors (Lipinski definition) is 0. The van der Waals surface area contributed by atoms with Crippen molar-refractivity contribution in [3.63, 3.8) is 0 Å². The van der Waals surface area contributed by atoms with Gasteiger partial charge in [-0.15, -0.1) is 0 Å². The molecule has 0 unspecified atom stereocenters. The number of carbonyl (C=O) groups is 3. The Hall–Kier alpha value is -4.26. The quantitative estimate of drug-likeness (QED) is 0.424. The molecule has 6 rings (SSSR count).